The summed E-state index contributed by atoms with van der Waals surface area (Å²) in [7, 11) is 0. The van der Waals surface area contributed by atoms with E-state index < -0.39 is 11.7 Å². The fourth-order valence-corrected chi connectivity index (χ4v) is 3.26. The van der Waals surface area contributed by atoms with Gasteiger partial charge < -0.3 is 20.5 Å². The Balaban J connectivity index is 2.24. The quantitative estimate of drug-likeness (QED) is 0.740. The number of rotatable bonds is 2. The Morgan fingerprint density at radius 1 is 1.33 bits per heavy atom. The third-order valence-electron chi connectivity index (χ3n) is 4.67. The van der Waals surface area contributed by atoms with Crippen LogP contribution in [0.2, 0.25) is 0 Å². The van der Waals surface area contributed by atoms with Crippen LogP contribution in [0, 0.1) is 5.92 Å². The van der Waals surface area contributed by atoms with Gasteiger partial charge in [-0.1, -0.05) is 37.6 Å². The first-order valence-electron chi connectivity index (χ1n) is 9.67. The zero-order valence-corrected chi connectivity index (χ0v) is 16.7. The van der Waals surface area contributed by atoms with Crippen molar-refractivity contribution in [2.45, 2.75) is 71.1 Å². The smallest absolute Gasteiger partial charge is 0.408 e. The van der Waals surface area contributed by atoms with Crippen LogP contribution in [-0.4, -0.2) is 35.4 Å². The van der Waals surface area contributed by atoms with Crippen molar-refractivity contribution in [3.05, 3.63) is 35.4 Å². The molecule has 1 aromatic carbocycles. The van der Waals surface area contributed by atoms with E-state index in [4.69, 9.17) is 4.74 Å². The molecule has 2 bridgehead atoms. The van der Waals surface area contributed by atoms with Crippen LogP contribution < -0.4 is 10.6 Å². The minimum atomic E-state index is -0.557. The molecule has 3 atom stereocenters. The number of hydrogen-bond acceptors (Lipinski definition) is 4. The van der Waals surface area contributed by atoms with E-state index >= 15 is 0 Å². The summed E-state index contributed by atoms with van der Waals surface area (Å²) in [6.07, 6.45) is 2.34. The molecule has 150 valence electrons. The molecule has 0 fully saturated rings. The lowest BCUT2D eigenvalue weighted by Crippen LogP contribution is -2.42. The predicted octanol–water partition coefficient (Wildman–Crippen LogP) is 3.09. The average molecular weight is 376 g/mol. The highest BCUT2D eigenvalue weighted by molar-refractivity contribution is 5.78. The van der Waals surface area contributed by atoms with Crippen LogP contribution in [-0.2, 0) is 16.0 Å². The van der Waals surface area contributed by atoms with Gasteiger partial charge in [0.1, 0.15) is 5.60 Å². The van der Waals surface area contributed by atoms with Crippen LogP contribution in [0.4, 0.5) is 4.79 Å². The van der Waals surface area contributed by atoms with Crippen molar-refractivity contribution in [1.29, 1.82) is 0 Å². The molecule has 1 aliphatic heterocycles. The topological polar surface area (TPSA) is 87.7 Å². The number of amides is 2. The molecule has 0 aromatic heterocycles. The molecule has 27 heavy (non-hydrogen) atoms. The molecule has 2 rings (SSSR count). The molecule has 0 saturated heterocycles. The second-order valence-electron chi connectivity index (χ2n) is 8.37. The van der Waals surface area contributed by atoms with Gasteiger partial charge in [0.25, 0.3) is 0 Å². The van der Waals surface area contributed by atoms with E-state index in [-0.39, 0.29) is 30.5 Å². The molecule has 0 aliphatic carbocycles. The number of ether oxygens (including phenoxy) is 1. The molecule has 3 N–H and O–H groups in total. The third kappa shape index (κ3) is 6.86. The Bertz CT molecular complexity index is 654. The van der Waals surface area contributed by atoms with Crippen LogP contribution in [0.25, 0.3) is 0 Å². The molecule has 1 aliphatic rings. The maximum atomic E-state index is 12.3. The summed E-state index contributed by atoms with van der Waals surface area (Å²) >= 11 is 0. The number of fused-ring (bicyclic) bond motifs is 2. The molecule has 6 heteroatoms. The van der Waals surface area contributed by atoms with Crippen molar-refractivity contribution in [3.8, 4) is 0 Å². The summed E-state index contributed by atoms with van der Waals surface area (Å²) in [5.41, 5.74) is 1.46. The first kappa shape index (κ1) is 21.2. The number of carbonyl (C=O) groups is 2. The minimum absolute atomic E-state index is 0.0394. The summed E-state index contributed by atoms with van der Waals surface area (Å²) in [6, 6.07) is 7.45. The van der Waals surface area contributed by atoms with Crippen LogP contribution in [0.1, 0.15) is 64.1 Å². The molecule has 1 heterocycles. The molecule has 1 unspecified atom stereocenters. The van der Waals surface area contributed by atoms with E-state index in [0.29, 0.717) is 6.42 Å². The van der Waals surface area contributed by atoms with Gasteiger partial charge in [-0.15, -0.1) is 0 Å². The van der Waals surface area contributed by atoms with Gasteiger partial charge >= 0.3 is 6.09 Å². The van der Waals surface area contributed by atoms with Gasteiger partial charge in [0.05, 0.1) is 18.7 Å². The van der Waals surface area contributed by atoms with Crippen molar-refractivity contribution >= 4 is 12.0 Å². The van der Waals surface area contributed by atoms with Crippen LogP contribution >= 0.6 is 0 Å². The van der Waals surface area contributed by atoms with E-state index in [1.165, 1.54) is 0 Å². The van der Waals surface area contributed by atoms with Crippen molar-refractivity contribution in [3.63, 3.8) is 0 Å². The fourth-order valence-electron chi connectivity index (χ4n) is 3.26. The van der Waals surface area contributed by atoms with Gasteiger partial charge in [0.2, 0.25) is 5.91 Å². The number of alkyl carbamates (subject to hydrolysis) is 1. The van der Waals surface area contributed by atoms with Gasteiger partial charge in [-0.2, -0.15) is 0 Å². The Morgan fingerprint density at radius 3 is 2.74 bits per heavy atom. The fraction of sp³-hybridized carbons (Fsp3) is 0.619. The number of carbonyl (C=O) groups excluding carboxylic acids is 2. The van der Waals surface area contributed by atoms with Crippen LogP contribution in [0.3, 0.4) is 0 Å². The normalized spacial score (nSPS) is 24.2. The van der Waals surface area contributed by atoms with Gasteiger partial charge in [-0.3, -0.25) is 4.79 Å². The number of nitrogens with one attached hydrogen (secondary N) is 2. The first-order chi connectivity index (χ1) is 12.7. The maximum absolute atomic E-state index is 12.3. The zero-order chi connectivity index (χ0) is 20.0. The SMILES string of the molecule is C[C@@H]1CCC[C@H](NC(=O)OC(C)(C)C)c2cccc(c2)CC(CO)NC1=O. The summed E-state index contributed by atoms with van der Waals surface area (Å²) in [4.78, 5) is 24.6. The van der Waals surface area contributed by atoms with Crippen molar-refractivity contribution in [2.24, 2.45) is 5.92 Å². The summed E-state index contributed by atoms with van der Waals surface area (Å²) in [5, 5.41) is 15.5. The molecular weight excluding hydrogens is 344 g/mol. The number of aliphatic hydroxyl groups is 1. The van der Waals surface area contributed by atoms with E-state index in [0.717, 1.165) is 30.4 Å². The highest BCUT2D eigenvalue weighted by atomic mass is 16.6. The predicted molar refractivity (Wildman–Crippen MR) is 104 cm³/mol. The van der Waals surface area contributed by atoms with E-state index in [1.807, 2.05) is 52.0 Å². The molecule has 0 saturated carbocycles. The molecule has 6 nitrogen and oxygen atoms in total. The van der Waals surface area contributed by atoms with E-state index in [1.54, 1.807) is 0 Å². The van der Waals surface area contributed by atoms with Crippen molar-refractivity contribution in [2.75, 3.05) is 6.61 Å². The monoisotopic (exact) mass is 376 g/mol. The van der Waals surface area contributed by atoms with Gasteiger partial charge in [-0.05, 0) is 51.2 Å². The second-order valence-corrected chi connectivity index (χ2v) is 8.37. The Morgan fingerprint density at radius 2 is 2.07 bits per heavy atom. The minimum Gasteiger partial charge on any atom is -0.444 e. The molecule has 1 aromatic rings. The van der Waals surface area contributed by atoms with Crippen LogP contribution in [0.15, 0.2) is 24.3 Å². The lowest BCUT2D eigenvalue weighted by Gasteiger charge is -2.26. The van der Waals surface area contributed by atoms with Crippen LogP contribution in [0.5, 0.6) is 0 Å². The van der Waals surface area contributed by atoms with Gasteiger partial charge in [0, 0.05) is 5.92 Å². The lowest BCUT2D eigenvalue weighted by atomic mass is 9.93. The number of hydrogen-bond donors (Lipinski definition) is 3. The average Bonchev–Trinajstić information content (AvgIpc) is 2.57. The zero-order valence-electron chi connectivity index (χ0n) is 16.7. The molecule has 0 radical (unpaired) electrons. The molecule has 0 spiro atoms. The Hall–Kier alpha value is -2.08. The standard InChI is InChI=1S/C21H32N2O4/c1-14-7-5-10-18(23-20(26)27-21(2,3)4)16-9-6-8-15(11-16)12-17(13-24)22-19(14)25/h6,8-9,11,14,17-18,24H,5,7,10,12-13H2,1-4H3,(H,22,25)(H,23,26)/t14-,17?,18+/m1/s1. The number of aliphatic hydroxyl groups excluding tert-OH is 1. The van der Waals surface area contributed by atoms with Crippen molar-refractivity contribution < 1.29 is 19.4 Å². The molecular formula is C21H32N2O4. The third-order valence-corrected chi connectivity index (χ3v) is 4.67. The van der Waals surface area contributed by atoms with E-state index in [2.05, 4.69) is 10.6 Å². The van der Waals surface area contributed by atoms with Gasteiger partial charge in [-0.25, -0.2) is 4.79 Å². The highest BCUT2D eigenvalue weighted by Gasteiger charge is 2.23. The van der Waals surface area contributed by atoms with E-state index in [9.17, 15) is 14.7 Å². The highest BCUT2D eigenvalue weighted by Crippen LogP contribution is 2.24. The number of benzene rings is 1. The summed E-state index contributed by atoms with van der Waals surface area (Å²) in [6.45, 7) is 7.30. The first-order valence-corrected chi connectivity index (χ1v) is 9.67. The molecule has 2 amide bonds. The van der Waals surface area contributed by atoms with Crippen molar-refractivity contribution in [1.82, 2.24) is 10.6 Å². The van der Waals surface area contributed by atoms with Gasteiger partial charge in [0.15, 0.2) is 0 Å². The Labute approximate surface area is 161 Å². The lowest BCUT2D eigenvalue weighted by molar-refractivity contribution is -0.125. The second kappa shape index (κ2) is 9.22. The Kier molecular flexibility index (Phi) is 7.25. The largest absolute Gasteiger partial charge is 0.444 e. The summed E-state index contributed by atoms with van der Waals surface area (Å²) in [5.74, 6) is -0.179. The summed E-state index contributed by atoms with van der Waals surface area (Å²) < 4.78 is 5.41. The maximum Gasteiger partial charge on any atom is 0.408 e.